The van der Waals surface area contributed by atoms with Gasteiger partial charge in [0.2, 0.25) is 0 Å². The van der Waals surface area contributed by atoms with Gasteiger partial charge in [0.15, 0.2) is 0 Å². The van der Waals surface area contributed by atoms with Crippen LogP contribution in [0.4, 0.5) is 0 Å². The van der Waals surface area contributed by atoms with Crippen molar-refractivity contribution in [2.24, 2.45) is 0 Å². The molecule has 1 fully saturated rings. The minimum Gasteiger partial charge on any atom is -0.480 e. The molecule has 122 valence electrons. The first kappa shape index (κ1) is 17.0. The van der Waals surface area contributed by atoms with Crippen molar-refractivity contribution in [1.82, 2.24) is 9.80 Å². The quantitative estimate of drug-likeness (QED) is 0.841. The Labute approximate surface area is 133 Å². The van der Waals surface area contributed by atoms with Gasteiger partial charge in [-0.15, -0.1) is 0 Å². The van der Waals surface area contributed by atoms with Crippen molar-refractivity contribution >= 4 is 5.97 Å². The zero-order valence-corrected chi connectivity index (χ0v) is 13.7. The number of benzene rings is 1. The summed E-state index contributed by atoms with van der Waals surface area (Å²) in [6.07, 6.45) is 3.42. The highest BCUT2D eigenvalue weighted by atomic mass is 16.4. The highest BCUT2D eigenvalue weighted by molar-refractivity contribution is 5.69. The Bertz CT molecular complexity index is 461. The van der Waals surface area contributed by atoms with Crippen molar-refractivity contribution in [2.75, 3.05) is 19.6 Å². The third-order valence-corrected chi connectivity index (χ3v) is 4.49. The predicted molar refractivity (Wildman–Crippen MR) is 88.8 cm³/mol. The molecule has 1 atom stereocenters. The second-order valence-corrected chi connectivity index (χ2v) is 6.52. The molecule has 4 heteroatoms. The summed E-state index contributed by atoms with van der Waals surface area (Å²) >= 11 is 0. The monoisotopic (exact) mass is 304 g/mol. The van der Waals surface area contributed by atoms with E-state index in [1.165, 1.54) is 12.0 Å². The summed E-state index contributed by atoms with van der Waals surface area (Å²) < 4.78 is 0. The third kappa shape index (κ3) is 5.11. The Kier molecular flexibility index (Phi) is 6.40. The SMILES string of the molecule is CC(C)N(Cc1ccccc1)C[C@H]1CCCCN1CC(=O)O. The lowest BCUT2D eigenvalue weighted by Gasteiger charge is -2.39. The minimum absolute atomic E-state index is 0.169. The highest BCUT2D eigenvalue weighted by Gasteiger charge is 2.26. The normalized spacial score (nSPS) is 19.7. The topological polar surface area (TPSA) is 43.8 Å². The fraction of sp³-hybridized carbons (Fsp3) is 0.611. The van der Waals surface area contributed by atoms with Gasteiger partial charge < -0.3 is 5.11 Å². The Morgan fingerprint density at radius 2 is 2.05 bits per heavy atom. The number of carboxylic acid groups (broad SMARTS) is 1. The van der Waals surface area contributed by atoms with E-state index in [2.05, 4.69) is 47.9 Å². The van der Waals surface area contributed by atoms with Crippen LogP contribution in [0, 0.1) is 0 Å². The molecule has 22 heavy (non-hydrogen) atoms. The molecule has 0 unspecified atom stereocenters. The minimum atomic E-state index is -0.717. The molecule has 1 aromatic carbocycles. The number of carbonyl (C=O) groups is 1. The molecule has 2 rings (SSSR count). The van der Waals surface area contributed by atoms with Gasteiger partial charge in [0, 0.05) is 25.2 Å². The number of likely N-dealkylation sites (tertiary alicyclic amines) is 1. The first-order valence-corrected chi connectivity index (χ1v) is 8.30. The maximum absolute atomic E-state index is 11.1. The van der Waals surface area contributed by atoms with Gasteiger partial charge in [0.05, 0.1) is 6.54 Å². The molecule has 1 heterocycles. The lowest BCUT2D eigenvalue weighted by atomic mass is 10.0. The predicted octanol–water partition coefficient (Wildman–Crippen LogP) is 2.84. The summed E-state index contributed by atoms with van der Waals surface area (Å²) in [7, 11) is 0. The van der Waals surface area contributed by atoms with Crippen molar-refractivity contribution in [2.45, 2.75) is 51.7 Å². The summed E-state index contributed by atoms with van der Waals surface area (Å²) in [6.45, 7) is 7.38. The van der Waals surface area contributed by atoms with E-state index in [1.54, 1.807) is 0 Å². The number of hydrogen-bond acceptors (Lipinski definition) is 3. The second-order valence-electron chi connectivity index (χ2n) is 6.52. The van der Waals surface area contributed by atoms with Crippen LogP contribution in [-0.2, 0) is 11.3 Å². The molecule has 0 amide bonds. The first-order valence-electron chi connectivity index (χ1n) is 8.30. The molecule has 1 aromatic rings. The van der Waals surface area contributed by atoms with Gasteiger partial charge in [-0.1, -0.05) is 36.8 Å². The molecule has 0 spiro atoms. The molecule has 4 nitrogen and oxygen atoms in total. The zero-order valence-electron chi connectivity index (χ0n) is 13.7. The average molecular weight is 304 g/mol. The van der Waals surface area contributed by atoms with E-state index >= 15 is 0 Å². The molecule has 1 aliphatic rings. The van der Waals surface area contributed by atoms with Crippen LogP contribution in [0.5, 0.6) is 0 Å². The molecule has 1 aliphatic heterocycles. The van der Waals surface area contributed by atoms with Crippen molar-refractivity contribution in [3.63, 3.8) is 0 Å². The lowest BCUT2D eigenvalue weighted by Crippen LogP contribution is -2.49. The van der Waals surface area contributed by atoms with Crippen LogP contribution in [-0.4, -0.2) is 52.6 Å². The van der Waals surface area contributed by atoms with Crippen LogP contribution in [0.15, 0.2) is 30.3 Å². The van der Waals surface area contributed by atoms with Gasteiger partial charge in [0.25, 0.3) is 0 Å². The largest absolute Gasteiger partial charge is 0.480 e. The number of nitrogens with zero attached hydrogens (tertiary/aromatic N) is 2. The maximum atomic E-state index is 11.1. The van der Waals surface area contributed by atoms with E-state index in [-0.39, 0.29) is 6.54 Å². The van der Waals surface area contributed by atoms with Crippen molar-refractivity contribution in [3.8, 4) is 0 Å². The molecular weight excluding hydrogens is 276 g/mol. The number of carboxylic acids is 1. The van der Waals surface area contributed by atoms with Gasteiger partial charge >= 0.3 is 5.97 Å². The number of piperidine rings is 1. The highest BCUT2D eigenvalue weighted by Crippen LogP contribution is 2.20. The van der Waals surface area contributed by atoms with E-state index < -0.39 is 5.97 Å². The summed E-state index contributed by atoms with van der Waals surface area (Å²) in [5, 5.41) is 9.11. The number of hydrogen-bond donors (Lipinski definition) is 1. The average Bonchev–Trinajstić information content (AvgIpc) is 2.49. The second kappa shape index (κ2) is 8.30. The lowest BCUT2D eigenvalue weighted by molar-refractivity contribution is -0.139. The summed E-state index contributed by atoms with van der Waals surface area (Å²) in [4.78, 5) is 15.7. The van der Waals surface area contributed by atoms with E-state index in [9.17, 15) is 4.79 Å². The number of rotatable bonds is 7. The van der Waals surface area contributed by atoms with E-state index in [1.807, 2.05) is 6.07 Å². The van der Waals surface area contributed by atoms with Crippen molar-refractivity contribution < 1.29 is 9.90 Å². The Balaban J connectivity index is 2.00. The van der Waals surface area contributed by atoms with Crippen LogP contribution in [0.2, 0.25) is 0 Å². The molecule has 0 aliphatic carbocycles. The molecule has 1 saturated heterocycles. The van der Waals surface area contributed by atoms with Crippen molar-refractivity contribution in [1.29, 1.82) is 0 Å². The third-order valence-electron chi connectivity index (χ3n) is 4.49. The van der Waals surface area contributed by atoms with E-state index in [4.69, 9.17) is 5.11 Å². The standard InChI is InChI=1S/C18H28N2O2/c1-15(2)20(12-16-8-4-3-5-9-16)13-17-10-6-7-11-19(17)14-18(21)22/h3-5,8-9,15,17H,6-7,10-14H2,1-2H3,(H,21,22)/t17-/m1/s1. The van der Waals surface area contributed by atoms with Crippen LogP contribution in [0.25, 0.3) is 0 Å². The maximum Gasteiger partial charge on any atom is 0.317 e. The number of aliphatic carboxylic acids is 1. The summed E-state index contributed by atoms with van der Waals surface area (Å²) in [6, 6.07) is 11.3. The molecular formula is C18H28N2O2. The van der Waals surface area contributed by atoms with E-state index in [0.717, 1.165) is 32.5 Å². The van der Waals surface area contributed by atoms with Crippen LogP contribution in [0.3, 0.4) is 0 Å². The van der Waals surface area contributed by atoms with E-state index in [0.29, 0.717) is 12.1 Å². The first-order chi connectivity index (χ1) is 10.6. The summed E-state index contributed by atoms with van der Waals surface area (Å²) in [5.41, 5.74) is 1.32. The molecule has 0 radical (unpaired) electrons. The smallest absolute Gasteiger partial charge is 0.317 e. The molecule has 1 N–H and O–H groups in total. The van der Waals surface area contributed by atoms with Gasteiger partial charge in [0.1, 0.15) is 0 Å². The fourth-order valence-corrected chi connectivity index (χ4v) is 3.20. The fourth-order valence-electron chi connectivity index (χ4n) is 3.20. The van der Waals surface area contributed by atoms with Gasteiger partial charge in [-0.05, 0) is 38.8 Å². The van der Waals surface area contributed by atoms with Gasteiger partial charge in [-0.3, -0.25) is 14.6 Å². The molecule has 0 aromatic heterocycles. The Hall–Kier alpha value is -1.39. The van der Waals surface area contributed by atoms with Crippen LogP contribution in [0.1, 0.15) is 38.7 Å². The molecule has 0 saturated carbocycles. The Morgan fingerprint density at radius 3 is 2.68 bits per heavy atom. The van der Waals surface area contributed by atoms with Crippen LogP contribution < -0.4 is 0 Å². The summed E-state index contributed by atoms with van der Waals surface area (Å²) in [5.74, 6) is -0.717. The zero-order chi connectivity index (χ0) is 15.9. The van der Waals surface area contributed by atoms with Gasteiger partial charge in [-0.25, -0.2) is 0 Å². The van der Waals surface area contributed by atoms with Crippen LogP contribution >= 0.6 is 0 Å². The molecule has 0 bridgehead atoms. The van der Waals surface area contributed by atoms with Gasteiger partial charge in [-0.2, -0.15) is 0 Å². The Morgan fingerprint density at radius 1 is 1.32 bits per heavy atom. The van der Waals surface area contributed by atoms with Crippen molar-refractivity contribution in [3.05, 3.63) is 35.9 Å².